The van der Waals surface area contributed by atoms with Crippen molar-refractivity contribution in [3.63, 3.8) is 0 Å². The predicted octanol–water partition coefficient (Wildman–Crippen LogP) is 5.24. The van der Waals surface area contributed by atoms with Gasteiger partial charge in [-0.05, 0) is 56.0 Å². The fourth-order valence-corrected chi connectivity index (χ4v) is 4.50. The SMILES string of the molecule is Cc1ccc2[nH]c3c(c2c1)CCC[C@@H]3NCCSc1ccccc1. The van der Waals surface area contributed by atoms with Gasteiger partial charge in [0.15, 0.2) is 0 Å². The molecule has 0 fully saturated rings. The minimum atomic E-state index is 0.470. The van der Waals surface area contributed by atoms with Crippen LogP contribution in [0.4, 0.5) is 0 Å². The van der Waals surface area contributed by atoms with E-state index in [9.17, 15) is 0 Å². The molecule has 1 aliphatic carbocycles. The fraction of sp³-hybridized carbons (Fsp3) is 0.333. The molecule has 0 unspecified atom stereocenters. The number of H-pyrrole nitrogens is 1. The predicted molar refractivity (Wildman–Crippen MR) is 104 cm³/mol. The van der Waals surface area contributed by atoms with Gasteiger partial charge in [0.25, 0.3) is 0 Å². The Labute approximate surface area is 148 Å². The Morgan fingerprint density at radius 1 is 1.17 bits per heavy atom. The molecule has 1 aromatic heterocycles. The number of nitrogens with one attached hydrogen (secondary N) is 2. The molecule has 2 nitrogen and oxygen atoms in total. The van der Waals surface area contributed by atoms with Crippen molar-refractivity contribution >= 4 is 22.7 Å². The van der Waals surface area contributed by atoms with Crippen LogP contribution in [0.5, 0.6) is 0 Å². The van der Waals surface area contributed by atoms with E-state index in [2.05, 4.69) is 65.8 Å². The monoisotopic (exact) mass is 336 g/mol. The summed E-state index contributed by atoms with van der Waals surface area (Å²) in [5, 5.41) is 5.20. The van der Waals surface area contributed by atoms with E-state index in [1.165, 1.54) is 51.9 Å². The molecule has 0 saturated carbocycles. The van der Waals surface area contributed by atoms with Gasteiger partial charge in [0.1, 0.15) is 0 Å². The number of hydrogen-bond donors (Lipinski definition) is 2. The van der Waals surface area contributed by atoms with Crippen LogP contribution in [0.25, 0.3) is 10.9 Å². The first-order valence-corrected chi connectivity index (χ1v) is 9.82. The first kappa shape index (κ1) is 15.8. The minimum absolute atomic E-state index is 0.470. The Morgan fingerprint density at radius 2 is 2.04 bits per heavy atom. The lowest BCUT2D eigenvalue weighted by atomic mass is 9.91. The van der Waals surface area contributed by atoms with Crippen LogP contribution in [0.3, 0.4) is 0 Å². The van der Waals surface area contributed by atoms with Gasteiger partial charge in [-0.25, -0.2) is 0 Å². The molecule has 124 valence electrons. The highest BCUT2D eigenvalue weighted by molar-refractivity contribution is 7.99. The lowest BCUT2D eigenvalue weighted by molar-refractivity contribution is 0.466. The standard InChI is InChI=1S/C21H24N2S/c1-15-10-11-19-18(14-15)17-8-5-9-20(21(17)23-19)22-12-13-24-16-6-3-2-4-7-16/h2-4,6-7,10-11,14,20,22-23H,5,8-9,12-13H2,1H3/t20-/m0/s1. The maximum absolute atomic E-state index is 3.77. The Bertz CT molecular complexity index is 822. The van der Waals surface area contributed by atoms with Crippen molar-refractivity contribution in [1.29, 1.82) is 0 Å². The highest BCUT2D eigenvalue weighted by Crippen LogP contribution is 2.35. The van der Waals surface area contributed by atoms with Crippen molar-refractivity contribution < 1.29 is 0 Å². The van der Waals surface area contributed by atoms with Gasteiger partial charge in [0.05, 0.1) is 0 Å². The van der Waals surface area contributed by atoms with Gasteiger partial charge in [0, 0.05) is 39.8 Å². The average molecular weight is 337 g/mol. The summed E-state index contributed by atoms with van der Waals surface area (Å²) in [6.07, 6.45) is 3.71. The van der Waals surface area contributed by atoms with E-state index >= 15 is 0 Å². The third-order valence-corrected chi connectivity index (χ3v) is 5.88. The van der Waals surface area contributed by atoms with Crippen molar-refractivity contribution in [3.8, 4) is 0 Å². The quantitative estimate of drug-likeness (QED) is 0.493. The zero-order valence-electron chi connectivity index (χ0n) is 14.1. The van der Waals surface area contributed by atoms with Crippen molar-refractivity contribution in [2.24, 2.45) is 0 Å². The molecule has 24 heavy (non-hydrogen) atoms. The molecule has 0 aliphatic heterocycles. The Kier molecular flexibility index (Phi) is 4.63. The average Bonchev–Trinajstić information content (AvgIpc) is 2.98. The lowest BCUT2D eigenvalue weighted by Crippen LogP contribution is -2.27. The topological polar surface area (TPSA) is 27.8 Å². The van der Waals surface area contributed by atoms with Crippen LogP contribution in [0, 0.1) is 6.92 Å². The fourth-order valence-electron chi connectivity index (χ4n) is 3.70. The summed E-state index contributed by atoms with van der Waals surface area (Å²) in [7, 11) is 0. The molecule has 0 amide bonds. The molecular weight excluding hydrogens is 312 g/mol. The highest BCUT2D eigenvalue weighted by Gasteiger charge is 2.23. The second kappa shape index (κ2) is 7.04. The molecular formula is C21H24N2S. The molecule has 0 spiro atoms. The van der Waals surface area contributed by atoms with Crippen molar-refractivity contribution in [3.05, 3.63) is 65.4 Å². The summed E-state index contributed by atoms with van der Waals surface area (Å²) in [6.45, 7) is 3.22. The molecule has 3 heteroatoms. The zero-order valence-corrected chi connectivity index (χ0v) is 15.0. The number of benzene rings is 2. The molecule has 0 radical (unpaired) electrons. The van der Waals surface area contributed by atoms with E-state index in [0.717, 1.165) is 12.3 Å². The van der Waals surface area contributed by atoms with Crippen molar-refractivity contribution in [1.82, 2.24) is 10.3 Å². The van der Waals surface area contributed by atoms with E-state index in [4.69, 9.17) is 0 Å². The van der Waals surface area contributed by atoms with E-state index in [-0.39, 0.29) is 0 Å². The Hall–Kier alpha value is -1.71. The summed E-state index contributed by atoms with van der Waals surface area (Å²) in [5.74, 6) is 1.11. The van der Waals surface area contributed by atoms with Gasteiger partial charge in [0.2, 0.25) is 0 Å². The second-order valence-electron chi connectivity index (χ2n) is 6.63. The van der Waals surface area contributed by atoms with Crippen LogP contribution in [0.15, 0.2) is 53.4 Å². The number of fused-ring (bicyclic) bond motifs is 3. The maximum Gasteiger partial charge on any atom is 0.0476 e. The first-order valence-electron chi connectivity index (χ1n) is 8.83. The number of thioether (sulfide) groups is 1. The minimum Gasteiger partial charge on any atom is -0.357 e. The molecule has 3 aromatic rings. The van der Waals surface area contributed by atoms with Crippen LogP contribution in [0.2, 0.25) is 0 Å². The zero-order chi connectivity index (χ0) is 16.4. The number of aryl methyl sites for hydroxylation is 2. The van der Waals surface area contributed by atoms with E-state index in [1.807, 2.05) is 11.8 Å². The summed E-state index contributed by atoms with van der Waals surface area (Å²) >= 11 is 1.92. The van der Waals surface area contributed by atoms with E-state index in [0.29, 0.717) is 6.04 Å². The molecule has 1 aliphatic rings. The molecule has 1 heterocycles. The number of hydrogen-bond acceptors (Lipinski definition) is 2. The van der Waals surface area contributed by atoms with Gasteiger partial charge < -0.3 is 10.3 Å². The van der Waals surface area contributed by atoms with Crippen molar-refractivity contribution in [2.75, 3.05) is 12.3 Å². The Morgan fingerprint density at radius 3 is 2.92 bits per heavy atom. The number of rotatable bonds is 5. The van der Waals surface area contributed by atoms with Crippen LogP contribution >= 0.6 is 11.8 Å². The van der Waals surface area contributed by atoms with Crippen molar-refractivity contribution in [2.45, 2.75) is 37.1 Å². The van der Waals surface area contributed by atoms with Crippen LogP contribution in [0.1, 0.15) is 35.7 Å². The summed E-state index contributed by atoms with van der Waals surface area (Å²) in [5.41, 5.74) is 5.59. The second-order valence-corrected chi connectivity index (χ2v) is 7.80. The number of aromatic nitrogens is 1. The first-order chi connectivity index (χ1) is 11.8. The summed E-state index contributed by atoms with van der Waals surface area (Å²) in [4.78, 5) is 5.03. The third-order valence-electron chi connectivity index (χ3n) is 4.87. The molecule has 4 rings (SSSR count). The smallest absolute Gasteiger partial charge is 0.0476 e. The van der Waals surface area contributed by atoms with Crippen LogP contribution < -0.4 is 5.32 Å². The van der Waals surface area contributed by atoms with Gasteiger partial charge >= 0.3 is 0 Å². The molecule has 0 bridgehead atoms. The highest BCUT2D eigenvalue weighted by atomic mass is 32.2. The van der Waals surface area contributed by atoms with Gasteiger partial charge in [-0.1, -0.05) is 29.8 Å². The van der Waals surface area contributed by atoms with Gasteiger partial charge in [-0.2, -0.15) is 0 Å². The molecule has 0 saturated heterocycles. The van der Waals surface area contributed by atoms with Crippen LogP contribution in [-0.2, 0) is 6.42 Å². The summed E-state index contributed by atoms with van der Waals surface area (Å²) < 4.78 is 0. The number of aromatic amines is 1. The summed E-state index contributed by atoms with van der Waals surface area (Å²) in [6, 6.07) is 17.9. The van der Waals surface area contributed by atoms with Gasteiger partial charge in [-0.3, -0.25) is 0 Å². The molecule has 1 atom stereocenters. The molecule has 2 N–H and O–H groups in total. The van der Waals surface area contributed by atoms with E-state index < -0.39 is 0 Å². The lowest BCUT2D eigenvalue weighted by Gasteiger charge is -2.24. The van der Waals surface area contributed by atoms with Gasteiger partial charge in [-0.15, -0.1) is 11.8 Å². The third kappa shape index (κ3) is 3.24. The Balaban J connectivity index is 1.43. The normalized spacial score (nSPS) is 17.1. The van der Waals surface area contributed by atoms with E-state index in [1.54, 1.807) is 0 Å². The largest absolute Gasteiger partial charge is 0.357 e. The molecule has 2 aromatic carbocycles. The maximum atomic E-state index is 3.77. The van der Waals surface area contributed by atoms with Crippen LogP contribution in [-0.4, -0.2) is 17.3 Å².